The Morgan fingerprint density at radius 3 is 2.83 bits per heavy atom. The lowest BCUT2D eigenvalue weighted by Crippen LogP contribution is -2.46. The summed E-state index contributed by atoms with van der Waals surface area (Å²) in [6.45, 7) is 0. The van der Waals surface area contributed by atoms with Crippen LogP contribution in [0.1, 0.15) is 42.5 Å². The number of amides is 1. The molecule has 0 radical (unpaired) electrons. The highest BCUT2D eigenvalue weighted by molar-refractivity contribution is 6.07. The van der Waals surface area contributed by atoms with E-state index in [9.17, 15) is 14.7 Å². The first-order valence-corrected chi connectivity index (χ1v) is 8.41. The quantitative estimate of drug-likeness (QED) is 0.917. The van der Waals surface area contributed by atoms with Crippen LogP contribution >= 0.6 is 0 Å². The summed E-state index contributed by atoms with van der Waals surface area (Å²) in [5.41, 5.74) is 1.19. The maximum absolute atomic E-state index is 13.2. The Labute approximate surface area is 139 Å². The zero-order chi connectivity index (χ0) is 16.7. The summed E-state index contributed by atoms with van der Waals surface area (Å²) in [6, 6.07) is 2.73. The third-order valence-electron chi connectivity index (χ3n) is 5.38. The molecular formula is C18H19N3O3. The number of likely N-dealkylation sites (tertiary alicyclic amines) is 1. The van der Waals surface area contributed by atoms with E-state index in [0.29, 0.717) is 28.8 Å². The van der Waals surface area contributed by atoms with E-state index in [4.69, 9.17) is 0 Å². The molecule has 1 aliphatic heterocycles. The topological polar surface area (TPSA) is 83.4 Å². The molecule has 2 aromatic rings. The molecule has 3 heterocycles. The van der Waals surface area contributed by atoms with Crippen LogP contribution in [0.3, 0.4) is 0 Å². The van der Waals surface area contributed by atoms with Gasteiger partial charge in [-0.05, 0) is 37.3 Å². The number of nitrogens with zero attached hydrogens (tertiary/aromatic N) is 3. The van der Waals surface area contributed by atoms with Gasteiger partial charge in [-0.15, -0.1) is 0 Å². The normalized spacial score (nSPS) is 26.3. The van der Waals surface area contributed by atoms with Crippen molar-refractivity contribution in [3.63, 3.8) is 0 Å². The number of hydrogen-bond donors (Lipinski definition) is 1. The minimum absolute atomic E-state index is 0.0345. The standard InChI is InChI=1S/C18H19N3O3/c22-17(12-5-8-20-14-6-7-19-10-13(12)14)21-15-4-2-1-3-11(15)9-16(21)18(23)24/h5-8,10-11,15-16H,1-4,9H2,(H,23,24). The number of carboxylic acids is 1. The van der Waals surface area contributed by atoms with Gasteiger partial charge >= 0.3 is 5.97 Å². The number of carboxylic acid groups (broad SMARTS) is 1. The van der Waals surface area contributed by atoms with E-state index in [-0.39, 0.29) is 11.9 Å². The monoisotopic (exact) mass is 325 g/mol. The van der Waals surface area contributed by atoms with Crippen LogP contribution in [0.4, 0.5) is 0 Å². The van der Waals surface area contributed by atoms with Crippen LogP contribution in [-0.4, -0.2) is 43.9 Å². The van der Waals surface area contributed by atoms with Crippen molar-refractivity contribution in [2.24, 2.45) is 5.92 Å². The van der Waals surface area contributed by atoms with Crippen molar-refractivity contribution in [2.45, 2.75) is 44.2 Å². The molecule has 2 aromatic heterocycles. The highest BCUT2D eigenvalue weighted by Gasteiger charge is 2.47. The van der Waals surface area contributed by atoms with Crippen molar-refractivity contribution in [2.75, 3.05) is 0 Å². The van der Waals surface area contributed by atoms with Gasteiger partial charge in [-0.1, -0.05) is 12.8 Å². The Balaban J connectivity index is 1.77. The van der Waals surface area contributed by atoms with Crippen molar-refractivity contribution in [3.05, 3.63) is 36.3 Å². The molecule has 6 heteroatoms. The van der Waals surface area contributed by atoms with Crippen LogP contribution in [0, 0.1) is 5.92 Å². The summed E-state index contributed by atoms with van der Waals surface area (Å²) in [6.07, 6.45) is 9.50. The van der Waals surface area contributed by atoms with E-state index in [0.717, 1.165) is 25.7 Å². The van der Waals surface area contributed by atoms with Gasteiger partial charge in [0.2, 0.25) is 0 Å². The maximum Gasteiger partial charge on any atom is 0.326 e. The molecule has 2 fully saturated rings. The number of pyridine rings is 2. The number of aliphatic carboxylic acids is 1. The Kier molecular flexibility index (Phi) is 3.67. The number of rotatable bonds is 2. The lowest BCUT2D eigenvalue weighted by molar-refractivity contribution is -0.141. The summed E-state index contributed by atoms with van der Waals surface area (Å²) >= 11 is 0. The molecule has 3 unspecified atom stereocenters. The minimum Gasteiger partial charge on any atom is -0.480 e. The predicted molar refractivity (Wildman–Crippen MR) is 87.5 cm³/mol. The Morgan fingerprint density at radius 2 is 2.00 bits per heavy atom. The summed E-state index contributed by atoms with van der Waals surface area (Å²) in [4.78, 5) is 34.9. The van der Waals surface area contributed by atoms with E-state index in [2.05, 4.69) is 9.97 Å². The summed E-state index contributed by atoms with van der Waals surface area (Å²) in [7, 11) is 0. The lowest BCUT2D eigenvalue weighted by Gasteiger charge is -2.33. The van der Waals surface area contributed by atoms with E-state index in [1.807, 2.05) is 0 Å². The van der Waals surface area contributed by atoms with Crippen LogP contribution in [-0.2, 0) is 4.79 Å². The fourth-order valence-corrected chi connectivity index (χ4v) is 4.29. The molecule has 0 aromatic carbocycles. The number of hydrogen-bond acceptors (Lipinski definition) is 4. The molecule has 1 N–H and O–H groups in total. The second-order valence-electron chi connectivity index (χ2n) is 6.67. The third-order valence-corrected chi connectivity index (χ3v) is 5.38. The highest BCUT2D eigenvalue weighted by Crippen LogP contribution is 2.40. The Morgan fingerprint density at radius 1 is 1.17 bits per heavy atom. The highest BCUT2D eigenvalue weighted by atomic mass is 16.4. The van der Waals surface area contributed by atoms with Crippen molar-refractivity contribution in [1.82, 2.24) is 14.9 Å². The SMILES string of the molecule is O=C(O)C1CC2CCCCC2N1C(=O)c1ccnc2ccncc12. The van der Waals surface area contributed by atoms with Gasteiger partial charge < -0.3 is 10.0 Å². The first kappa shape index (κ1) is 15.1. The smallest absolute Gasteiger partial charge is 0.326 e. The van der Waals surface area contributed by atoms with Crippen LogP contribution in [0.5, 0.6) is 0 Å². The predicted octanol–water partition coefficient (Wildman–Crippen LogP) is 2.49. The Bertz CT molecular complexity index is 802. The van der Waals surface area contributed by atoms with Gasteiger partial charge in [0, 0.05) is 30.0 Å². The first-order chi connectivity index (χ1) is 11.7. The Hall–Kier alpha value is -2.50. The second-order valence-corrected chi connectivity index (χ2v) is 6.67. The van der Waals surface area contributed by atoms with Gasteiger partial charge in [-0.25, -0.2) is 4.79 Å². The van der Waals surface area contributed by atoms with Crippen molar-refractivity contribution < 1.29 is 14.7 Å². The van der Waals surface area contributed by atoms with Gasteiger partial charge in [-0.3, -0.25) is 14.8 Å². The molecule has 3 atom stereocenters. The molecule has 6 nitrogen and oxygen atoms in total. The number of aromatic nitrogens is 2. The molecule has 124 valence electrons. The second kappa shape index (κ2) is 5.85. The molecular weight excluding hydrogens is 306 g/mol. The van der Waals surface area contributed by atoms with Gasteiger partial charge in [0.05, 0.1) is 11.1 Å². The van der Waals surface area contributed by atoms with Gasteiger partial charge in [0.25, 0.3) is 5.91 Å². The number of carbonyl (C=O) groups is 2. The van der Waals surface area contributed by atoms with E-state index < -0.39 is 12.0 Å². The largest absolute Gasteiger partial charge is 0.480 e. The summed E-state index contributed by atoms with van der Waals surface area (Å²) < 4.78 is 0. The summed E-state index contributed by atoms with van der Waals surface area (Å²) in [5.74, 6) is -0.818. The van der Waals surface area contributed by atoms with Crippen LogP contribution in [0.2, 0.25) is 0 Å². The third kappa shape index (κ3) is 2.33. The van der Waals surface area contributed by atoms with Crippen molar-refractivity contribution >= 4 is 22.8 Å². The van der Waals surface area contributed by atoms with Gasteiger partial charge in [-0.2, -0.15) is 0 Å². The van der Waals surface area contributed by atoms with Crippen molar-refractivity contribution in [1.29, 1.82) is 0 Å². The molecule has 2 aliphatic rings. The fourth-order valence-electron chi connectivity index (χ4n) is 4.29. The zero-order valence-electron chi connectivity index (χ0n) is 13.3. The molecule has 4 rings (SSSR count). The summed E-state index contributed by atoms with van der Waals surface area (Å²) in [5, 5.41) is 10.3. The van der Waals surface area contributed by atoms with Crippen LogP contribution < -0.4 is 0 Å². The van der Waals surface area contributed by atoms with Crippen molar-refractivity contribution in [3.8, 4) is 0 Å². The van der Waals surface area contributed by atoms with E-state index >= 15 is 0 Å². The fraction of sp³-hybridized carbons (Fsp3) is 0.444. The molecule has 1 aliphatic carbocycles. The number of fused-ring (bicyclic) bond motifs is 2. The molecule has 1 amide bonds. The van der Waals surface area contributed by atoms with Crippen LogP contribution in [0.25, 0.3) is 10.9 Å². The molecule has 1 saturated carbocycles. The zero-order valence-corrected chi connectivity index (χ0v) is 13.3. The molecule has 0 bridgehead atoms. The average molecular weight is 325 g/mol. The van der Waals surface area contributed by atoms with E-state index in [1.165, 1.54) is 0 Å². The number of carbonyl (C=O) groups excluding carboxylic acids is 1. The molecule has 24 heavy (non-hydrogen) atoms. The average Bonchev–Trinajstić information content (AvgIpc) is 3.00. The molecule has 1 saturated heterocycles. The van der Waals surface area contributed by atoms with E-state index in [1.54, 1.807) is 35.6 Å². The van der Waals surface area contributed by atoms with Crippen LogP contribution in [0.15, 0.2) is 30.7 Å². The maximum atomic E-state index is 13.2. The first-order valence-electron chi connectivity index (χ1n) is 8.41. The van der Waals surface area contributed by atoms with Gasteiger partial charge in [0.1, 0.15) is 6.04 Å². The van der Waals surface area contributed by atoms with Gasteiger partial charge in [0.15, 0.2) is 0 Å². The molecule has 0 spiro atoms. The lowest BCUT2D eigenvalue weighted by atomic mass is 9.84. The minimum atomic E-state index is -0.908.